The zero-order valence-electron chi connectivity index (χ0n) is 34.6. The Morgan fingerprint density at radius 3 is 1.55 bits per heavy atom. The number of nitrogens with zero attached hydrogens (tertiary/aromatic N) is 1. The minimum absolute atomic E-state index is 0.457. The normalized spacial score (nSPS) is 13.1. The lowest BCUT2D eigenvalue weighted by molar-refractivity contribution is 0.664. The lowest BCUT2D eigenvalue weighted by Gasteiger charge is -2.31. The summed E-state index contributed by atoms with van der Waals surface area (Å²) in [6, 6.07) is 81.4. The van der Waals surface area contributed by atoms with E-state index in [0.29, 0.717) is 0 Å². The van der Waals surface area contributed by atoms with Gasteiger partial charge in [-0.15, -0.1) is 0 Å². The van der Waals surface area contributed by atoms with Gasteiger partial charge in [-0.2, -0.15) is 0 Å². The van der Waals surface area contributed by atoms with Gasteiger partial charge < -0.3 is 13.7 Å². The van der Waals surface area contributed by atoms with Gasteiger partial charge in [0.1, 0.15) is 22.3 Å². The maximum atomic E-state index is 6.76. The molecule has 0 unspecified atom stereocenters. The van der Waals surface area contributed by atoms with Crippen molar-refractivity contribution in [2.75, 3.05) is 4.90 Å². The summed E-state index contributed by atoms with van der Waals surface area (Å²) in [5.41, 5.74) is 21.1. The topological polar surface area (TPSA) is 29.5 Å². The smallest absolute Gasteiger partial charge is 0.143 e. The van der Waals surface area contributed by atoms with Crippen LogP contribution < -0.4 is 4.90 Å². The van der Waals surface area contributed by atoms with Crippen molar-refractivity contribution >= 4 is 60.9 Å². The van der Waals surface area contributed by atoms with Gasteiger partial charge in [0.25, 0.3) is 0 Å². The molecule has 0 radical (unpaired) electrons. The van der Waals surface area contributed by atoms with Crippen molar-refractivity contribution in [3.8, 4) is 44.5 Å². The average molecular weight is 816 g/mol. The molecule has 64 heavy (non-hydrogen) atoms. The molecule has 0 amide bonds. The molecule has 12 aromatic rings. The van der Waals surface area contributed by atoms with Gasteiger partial charge in [0.05, 0.1) is 11.1 Å². The Bertz CT molecular complexity index is 3790. The molecule has 2 heterocycles. The van der Waals surface area contributed by atoms with Crippen LogP contribution in [0.4, 0.5) is 17.1 Å². The molecule has 2 aromatic heterocycles. The van der Waals surface area contributed by atoms with Gasteiger partial charge in [0.2, 0.25) is 0 Å². The number of para-hydroxylation sites is 1. The summed E-state index contributed by atoms with van der Waals surface area (Å²) < 4.78 is 13.5. The van der Waals surface area contributed by atoms with Crippen LogP contribution >= 0.6 is 0 Å². The highest BCUT2D eigenvalue weighted by atomic mass is 16.3. The highest BCUT2D eigenvalue weighted by molar-refractivity contribution is 6.17. The first kappa shape index (κ1) is 35.2. The van der Waals surface area contributed by atoms with E-state index in [0.717, 1.165) is 72.1 Å². The molecule has 3 heteroatoms. The fraction of sp³-hybridized carbons (Fsp3) is 0.0164. The lowest BCUT2D eigenvalue weighted by atomic mass is 9.70. The monoisotopic (exact) mass is 815 g/mol. The van der Waals surface area contributed by atoms with Crippen molar-refractivity contribution in [3.63, 3.8) is 0 Å². The summed E-state index contributed by atoms with van der Waals surface area (Å²) in [7, 11) is 0. The van der Waals surface area contributed by atoms with Crippen LogP contribution in [-0.2, 0) is 5.41 Å². The molecule has 14 rings (SSSR count). The van der Waals surface area contributed by atoms with Crippen molar-refractivity contribution < 1.29 is 8.83 Å². The van der Waals surface area contributed by atoms with Gasteiger partial charge in [0.15, 0.2) is 0 Å². The number of rotatable bonds is 5. The van der Waals surface area contributed by atoms with Crippen molar-refractivity contribution in [2.45, 2.75) is 5.41 Å². The fourth-order valence-corrected chi connectivity index (χ4v) is 11.2. The molecule has 0 N–H and O–H groups in total. The molecular weight excluding hydrogens is 779 g/mol. The number of anilines is 3. The van der Waals surface area contributed by atoms with E-state index < -0.39 is 5.41 Å². The second kappa shape index (κ2) is 13.3. The Labute approximate surface area is 369 Å². The molecule has 0 saturated carbocycles. The predicted octanol–water partition coefficient (Wildman–Crippen LogP) is 16.6. The Morgan fingerprint density at radius 1 is 0.312 bits per heavy atom. The van der Waals surface area contributed by atoms with Crippen LogP contribution in [0.3, 0.4) is 0 Å². The van der Waals surface area contributed by atoms with E-state index in [1.165, 1.54) is 55.6 Å². The Kier molecular flexibility index (Phi) is 7.32. The maximum Gasteiger partial charge on any atom is 0.143 e. The minimum Gasteiger partial charge on any atom is -0.456 e. The number of hydrogen-bond acceptors (Lipinski definition) is 3. The lowest BCUT2D eigenvalue weighted by Crippen LogP contribution is -2.26. The van der Waals surface area contributed by atoms with E-state index in [1.54, 1.807) is 0 Å². The largest absolute Gasteiger partial charge is 0.456 e. The van der Waals surface area contributed by atoms with Gasteiger partial charge in [-0.1, -0.05) is 176 Å². The van der Waals surface area contributed by atoms with Crippen molar-refractivity contribution in [1.82, 2.24) is 0 Å². The molecule has 0 bridgehead atoms. The predicted molar refractivity (Wildman–Crippen MR) is 263 cm³/mol. The zero-order chi connectivity index (χ0) is 41.9. The first-order chi connectivity index (χ1) is 31.7. The number of hydrogen-bond donors (Lipinski definition) is 0. The number of furan rings is 2. The van der Waals surface area contributed by atoms with Crippen LogP contribution in [0.1, 0.15) is 22.3 Å². The van der Waals surface area contributed by atoms with Gasteiger partial charge in [0, 0.05) is 44.0 Å². The van der Waals surface area contributed by atoms with E-state index in [-0.39, 0.29) is 0 Å². The second-order valence-corrected chi connectivity index (χ2v) is 17.1. The molecule has 298 valence electrons. The van der Waals surface area contributed by atoms with Gasteiger partial charge >= 0.3 is 0 Å². The summed E-state index contributed by atoms with van der Waals surface area (Å²) in [5.74, 6) is 0. The molecule has 1 spiro atoms. The van der Waals surface area contributed by atoms with Gasteiger partial charge in [-0.3, -0.25) is 0 Å². The number of benzene rings is 10. The molecule has 10 aromatic carbocycles. The third-order valence-corrected chi connectivity index (χ3v) is 13.9. The molecule has 0 atom stereocenters. The first-order valence-corrected chi connectivity index (χ1v) is 22.0. The third-order valence-electron chi connectivity index (χ3n) is 13.9. The van der Waals surface area contributed by atoms with Crippen LogP contribution in [0, 0.1) is 0 Å². The van der Waals surface area contributed by atoms with E-state index in [2.05, 4.69) is 223 Å². The van der Waals surface area contributed by atoms with Crippen LogP contribution in [-0.4, -0.2) is 0 Å². The molecule has 2 aliphatic carbocycles. The average Bonchev–Trinajstić information content (AvgIpc) is 4.09. The highest BCUT2D eigenvalue weighted by Gasteiger charge is 2.52. The Hall–Kier alpha value is -8.40. The SMILES string of the molecule is c1ccc(-c2ccc(N(c3ccc4oc5cc6c(cc5c4c3)oc3c(-c4ccccc4)cccc36)c3cccc4c3-c3ccccc3C43c4ccccc4-c4ccccc43)cc2)cc1. The van der Waals surface area contributed by atoms with E-state index in [1.807, 2.05) is 6.07 Å². The van der Waals surface area contributed by atoms with Crippen molar-refractivity contribution in [3.05, 3.63) is 247 Å². The van der Waals surface area contributed by atoms with E-state index in [4.69, 9.17) is 8.83 Å². The van der Waals surface area contributed by atoms with Crippen molar-refractivity contribution in [1.29, 1.82) is 0 Å². The summed E-state index contributed by atoms with van der Waals surface area (Å²) >= 11 is 0. The van der Waals surface area contributed by atoms with E-state index >= 15 is 0 Å². The molecule has 3 nitrogen and oxygen atoms in total. The van der Waals surface area contributed by atoms with E-state index in [9.17, 15) is 0 Å². The summed E-state index contributed by atoms with van der Waals surface area (Å²) in [6.07, 6.45) is 0. The van der Waals surface area contributed by atoms with Gasteiger partial charge in [-0.25, -0.2) is 0 Å². The Morgan fingerprint density at radius 2 is 0.828 bits per heavy atom. The van der Waals surface area contributed by atoms with Crippen LogP contribution in [0.2, 0.25) is 0 Å². The maximum absolute atomic E-state index is 6.76. The molecular formula is C61H37NO2. The Balaban J connectivity index is 1.00. The molecule has 0 fully saturated rings. The van der Waals surface area contributed by atoms with Crippen LogP contribution in [0.15, 0.2) is 233 Å². The molecule has 0 saturated heterocycles. The molecule has 0 aliphatic heterocycles. The number of fused-ring (bicyclic) bond motifs is 16. The second-order valence-electron chi connectivity index (χ2n) is 17.1. The van der Waals surface area contributed by atoms with Crippen molar-refractivity contribution in [2.24, 2.45) is 0 Å². The molecule has 2 aliphatic rings. The highest BCUT2D eigenvalue weighted by Crippen LogP contribution is 2.64. The van der Waals surface area contributed by atoms with Gasteiger partial charge in [-0.05, 0) is 104 Å². The minimum atomic E-state index is -0.457. The third kappa shape index (κ3) is 4.81. The fourth-order valence-electron chi connectivity index (χ4n) is 11.2. The zero-order valence-corrected chi connectivity index (χ0v) is 34.6. The van der Waals surface area contributed by atoms with Crippen LogP contribution in [0.25, 0.3) is 88.4 Å². The van der Waals surface area contributed by atoms with Crippen LogP contribution in [0.5, 0.6) is 0 Å². The summed E-state index contributed by atoms with van der Waals surface area (Å²) in [4.78, 5) is 2.44. The summed E-state index contributed by atoms with van der Waals surface area (Å²) in [5, 5.41) is 4.17. The first-order valence-electron chi connectivity index (χ1n) is 22.0. The quantitative estimate of drug-likeness (QED) is 0.173. The standard InChI is InChI=1S/C61H37NO2/c1-3-15-38(16-4-1)39-29-31-41(32-30-39)62(55-28-14-27-54-59(55)47-21-9-12-26-53(47)61(54)51-24-10-7-19-44(51)45-20-8-11-25-52(45)61)42-33-34-56-48(35-42)50-37-58-49(36-57(50)63-56)46-23-13-22-43(60(46)64-58)40-17-5-2-6-18-40/h1-37H. The summed E-state index contributed by atoms with van der Waals surface area (Å²) in [6.45, 7) is 0.